The summed E-state index contributed by atoms with van der Waals surface area (Å²) in [6, 6.07) is 16.3. The first kappa shape index (κ1) is 23.5. The molecule has 0 aliphatic rings. The van der Waals surface area contributed by atoms with Crippen LogP contribution < -0.4 is 34.7 Å². The number of carbonyl (C=O) groups excluding carboxylic acids is 1. The summed E-state index contributed by atoms with van der Waals surface area (Å²) in [6.07, 6.45) is 0. The third kappa shape index (κ3) is 5.88. The molecule has 1 atom stereocenters. The van der Waals surface area contributed by atoms with Crippen LogP contribution in [-0.2, 0) is 14.9 Å². The fourth-order valence-corrected chi connectivity index (χ4v) is 3.89. The Kier molecular flexibility index (Phi) is 7.98. The molecule has 3 rings (SSSR count). The molecule has 1 unspecified atom stereocenters. The molecule has 0 saturated heterocycles. The maximum absolute atomic E-state index is 11.1. The number of rotatable bonds is 6. The van der Waals surface area contributed by atoms with Gasteiger partial charge in [-0.05, 0) is 48.7 Å². The number of hydrogen-bond acceptors (Lipinski definition) is 7. The number of carbonyl (C=O) groups is 1. The van der Waals surface area contributed by atoms with Gasteiger partial charge in [0, 0.05) is 15.5 Å². The summed E-state index contributed by atoms with van der Waals surface area (Å²) in [5.74, 6) is -1.13. The molecule has 0 heterocycles. The van der Waals surface area contributed by atoms with E-state index in [1.807, 2.05) is 24.3 Å². The van der Waals surface area contributed by atoms with Crippen molar-refractivity contribution in [1.82, 2.24) is 0 Å². The molecule has 0 aromatic heterocycles. The standard InChI is InChI=1S/C19H16N2O5S2.Na/c1-12(19(22)23)27-18-11-10-17(15-4-2-3-5-16(15)18)21-20-13-6-8-14(9-7-13)28(24,25)26;/h2-12H,1H3,(H,22,23)(H,24,25,26);/q;+1/p-1. The van der Waals surface area contributed by atoms with Crippen LogP contribution in [0.25, 0.3) is 10.8 Å². The molecule has 144 valence electrons. The van der Waals surface area contributed by atoms with Gasteiger partial charge in [-0.2, -0.15) is 13.5 Å². The minimum Gasteiger partial charge on any atom is -0.549 e. The topological polar surface area (TPSA) is 119 Å². The molecule has 3 aromatic carbocycles. The van der Waals surface area contributed by atoms with Crippen molar-refractivity contribution in [2.45, 2.75) is 22.0 Å². The number of fused-ring (bicyclic) bond motifs is 1. The van der Waals surface area contributed by atoms with Crippen LogP contribution in [0, 0.1) is 0 Å². The van der Waals surface area contributed by atoms with E-state index in [1.54, 1.807) is 19.1 Å². The SMILES string of the molecule is CC(Sc1ccc(N=Nc2ccc(S(=O)(=O)O)cc2)c2ccccc12)C(=O)[O-].[Na+]. The largest absolute Gasteiger partial charge is 1.00 e. The van der Waals surface area contributed by atoms with E-state index in [-0.39, 0.29) is 34.5 Å². The molecule has 29 heavy (non-hydrogen) atoms. The zero-order valence-electron chi connectivity index (χ0n) is 15.6. The number of carboxylic acid groups (broad SMARTS) is 1. The zero-order valence-corrected chi connectivity index (χ0v) is 19.3. The Bertz CT molecular complexity index is 1160. The first-order valence-electron chi connectivity index (χ1n) is 8.14. The molecule has 0 saturated carbocycles. The van der Waals surface area contributed by atoms with Gasteiger partial charge < -0.3 is 9.90 Å². The van der Waals surface area contributed by atoms with E-state index >= 15 is 0 Å². The van der Waals surface area contributed by atoms with E-state index in [0.717, 1.165) is 15.7 Å². The van der Waals surface area contributed by atoms with E-state index in [2.05, 4.69) is 10.2 Å². The molecule has 0 amide bonds. The summed E-state index contributed by atoms with van der Waals surface area (Å²) in [7, 11) is -4.26. The fraction of sp³-hybridized carbons (Fsp3) is 0.105. The van der Waals surface area contributed by atoms with Crippen LogP contribution in [0.5, 0.6) is 0 Å². The van der Waals surface area contributed by atoms with E-state index in [1.165, 1.54) is 36.0 Å². The van der Waals surface area contributed by atoms with Crippen LogP contribution in [0.4, 0.5) is 11.4 Å². The van der Waals surface area contributed by atoms with Gasteiger partial charge in [-0.3, -0.25) is 4.55 Å². The van der Waals surface area contributed by atoms with Gasteiger partial charge >= 0.3 is 29.6 Å². The Morgan fingerprint density at radius 3 is 2.21 bits per heavy atom. The predicted octanol–water partition coefficient (Wildman–Crippen LogP) is 0.736. The van der Waals surface area contributed by atoms with Gasteiger partial charge in [-0.1, -0.05) is 24.3 Å². The maximum Gasteiger partial charge on any atom is 1.00 e. The Hall–Kier alpha value is -1.75. The van der Waals surface area contributed by atoms with Gasteiger partial charge in [0.2, 0.25) is 0 Å². The van der Waals surface area contributed by atoms with Crippen LogP contribution in [0.1, 0.15) is 6.92 Å². The number of benzene rings is 3. The second-order valence-electron chi connectivity index (χ2n) is 5.88. The van der Waals surface area contributed by atoms with Crippen LogP contribution in [0.2, 0.25) is 0 Å². The molecule has 0 bridgehead atoms. The summed E-state index contributed by atoms with van der Waals surface area (Å²) >= 11 is 1.19. The van der Waals surface area contributed by atoms with Crippen molar-refractivity contribution in [3.63, 3.8) is 0 Å². The predicted molar refractivity (Wildman–Crippen MR) is 105 cm³/mol. The molecule has 1 N–H and O–H groups in total. The fourth-order valence-electron chi connectivity index (χ4n) is 2.48. The molecule has 0 fully saturated rings. The first-order valence-corrected chi connectivity index (χ1v) is 10.5. The molecule has 0 radical (unpaired) electrons. The normalized spacial score (nSPS) is 12.6. The average Bonchev–Trinajstić information content (AvgIpc) is 2.67. The monoisotopic (exact) mass is 438 g/mol. The first-order chi connectivity index (χ1) is 13.3. The molecule has 0 aliphatic carbocycles. The van der Waals surface area contributed by atoms with Crippen molar-refractivity contribution in [1.29, 1.82) is 0 Å². The van der Waals surface area contributed by atoms with Crippen molar-refractivity contribution in [3.8, 4) is 0 Å². The summed E-state index contributed by atoms with van der Waals surface area (Å²) < 4.78 is 31.2. The van der Waals surface area contributed by atoms with E-state index < -0.39 is 21.3 Å². The number of aliphatic carboxylic acids is 1. The Morgan fingerprint density at radius 1 is 1.00 bits per heavy atom. The zero-order chi connectivity index (χ0) is 20.3. The van der Waals surface area contributed by atoms with Gasteiger partial charge in [-0.25, -0.2) is 0 Å². The molecular formula is C19H15N2NaO5S2. The molecule has 0 aliphatic heterocycles. The van der Waals surface area contributed by atoms with Crippen LogP contribution in [0.15, 0.2) is 80.7 Å². The number of azo groups is 1. The van der Waals surface area contributed by atoms with Gasteiger partial charge in [0.25, 0.3) is 10.1 Å². The molecule has 7 nitrogen and oxygen atoms in total. The van der Waals surface area contributed by atoms with Crippen LogP contribution in [-0.4, -0.2) is 24.2 Å². The van der Waals surface area contributed by atoms with Gasteiger partial charge in [0.05, 0.1) is 22.2 Å². The molecule has 3 aromatic rings. The van der Waals surface area contributed by atoms with Gasteiger partial charge in [0.15, 0.2) is 0 Å². The van der Waals surface area contributed by atoms with Crippen molar-refractivity contribution < 1.29 is 52.4 Å². The number of carboxylic acids is 1. The maximum atomic E-state index is 11.1. The Morgan fingerprint density at radius 2 is 1.62 bits per heavy atom. The smallest absolute Gasteiger partial charge is 0.549 e. The summed E-state index contributed by atoms with van der Waals surface area (Å²) in [6.45, 7) is 1.57. The Labute approximate surface area is 194 Å². The van der Waals surface area contributed by atoms with Crippen molar-refractivity contribution >= 4 is 50.0 Å². The third-order valence-electron chi connectivity index (χ3n) is 3.90. The van der Waals surface area contributed by atoms with Crippen molar-refractivity contribution in [2.75, 3.05) is 0 Å². The van der Waals surface area contributed by atoms with E-state index in [4.69, 9.17) is 4.55 Å². The number of thioether (sulfide) groups is 1. The quantitative estimate of drug-likeness (QED) is 0.262. The minimum absolute atomic E-state index is 0. The number of hydrogen-bond donors (Lipinski definition) is 1. The summed E-state index contributed by atoms with van der Waals surface area (Å²) in [4.78, 5) is 11.6. The third-order valence-corrected chi connectivity index (χ3v) is 5.93. The van der Waals surface area contributed by atoms with Crippen molar-refractivity contribution in [3.05, 3.63) is 60.7 Å². The molecular weight excluding hydrogens is 423 g/mol. The van der Waals surface area contributed by atoms with E-state index in [9.17, 15) is 18.3 Å². The van der Waals surface area contributed by atoms with Crippen LogP contribution in [0.3, 0.4) is 0 Å². The second-order valence-corrected chi connectivity index (χ2v) is 8.68. The number of nitrogens with zero attached hydrogens (tertiary/aromatic N) is 2. The average molecular weight is 438 g/mol. The Balaban J connectivity index is 0.00000300. The molecule has 10 heteroatoms. The molecule has 0 spiro atoms. The van der Waals surface area contributed by atoms with Gasteiger partial charge in [0.1, 0.15) is 0 Å². The summed E-state index contributed by atoms with van der Waals surface area (Å²) in [5, 5.41) is 20.3. The van der Waals surface area contributed by atoms with Gasteiger partial charge in [-0.15, -0.1) is 16.9 Å². The second kappa shape index (κ2) is 9.84. The summed E-state index contributed by atoms with van der Waals surface area (Å²) in [5.41, 5.74) is 1.00. The van der Waals surface area contributed by atoms with Crippen LogP contribution >= 0.6 is 11.8 Å². The minimum atomic E-state index is -4.26. The van der Waals surface area contributed by atoms with E-state index in [0.29, 0.717) is 11.4 Å². The van der Waals surface area contributed by atoms with Crippen molar-refractivity contribution in [2.24, 2.45) is 10.2 Å².